The molecule has 128 valence electrons. The van der Waals surface area contributed by atoms with Gasteiger partial charge in [-0.25, -0.2) is 4.79 Å². The summed E-state index contributed by atoms with van der Waals surface area (Å²) < 4.78 is 9.98. The van der Waals surface area contributed by atoms with E-state index in [0.29, 0.717) is 5.76 Å². The van der Waals surface area contributed by atoms with Crippen molar-refractivity contribution < 1.29 is 24.0 Å². The first kappa shape index (κ1) is 16.5. The van der Waals surface area contributed by atoms with Gasteiger partial charge in [-0.1, -0.05) is 29.4 Å². The van der Waals surface area contributed by atoms with E-state index in [9.17, 15) is 14.7 Å². The number of anilines is 1. The van der Waals surface area contributed by atoms with Crippen molar-refractivity contribution in [3.63, 3.8) is 0 Å². The molecule has 0 bridgehead atoms. The zero-order chi connectivity index (χ0) is 18.0. The molecule has 2 N–H and O–H groups in total. The molecule has 1 unspecified atom stereocenters. The molecule has 25 heavy (non-hydrogen) atoms. The van der Waals surface area contributed by atoms with Crippen LogP contribution in [-0.4, -0.2) is 28.2 Å². The van der Waals surface area contributed by atoms with Crippen molar-refractivity contribution in [2.24, 2.45) is 0 Å². The first-order chi connectivity index (χ1) is 11.9. The summed E-state index contributed by atoms with van der Waals surface area (Å²) in [6, 6.07) is 11.8. The van der Waals surface area contributed by atoms with Crippen LogP contribution >= 0.6 is 0 Å². The minimum Gasteiger partial charge on any atom is -0.507 e. The fraction of sp³-hybridized carbons (Fsp3) is 0.167. The zero-order valence-corrected chi connectivity index (χ0v) is 13.6. The van der Waals surface area contributed by atoms with E-state index in [1.165, 1.54) is 19.1 Å². The van der Waals surface area contributed by atoms with Gasteiger partial charge in [0.15, 0.2) is 11.9 Å². The Balaban J connectivity index is 1.72. The number of amides is 1. The Bertz CT molecular complexity index is 948. The van der Waals surface area contributed by atoms with E-state index < -0.39 is 18.0 Å². The number of phenols is 1. The standard InChI is InChI=1S/C18H16N2O5/c1-10-7-16(20-25-10)19-17(22)11(2)24-18(23)14-8-12-5-3-4-6-13(12)9-15(14)21/h3-9,11,21H,1-2H3,(H,19,20,22). The van der Waals surface area contributed by atoms with Crippen LogP contribution in [0.2, 0.25) is 0 Å². The Hall–Kier alpha value is -3.35. The molecule has 1 aromatic heterocycles. The number of esters is 1. The van der Waals surface area contributed by atoms with Crippen molar-refractivity contribution in [3.8, 4) is 5.75 Å². The van der Waals surface area contributed by atoms with Crippen LogP contribution in [0.5, 0.6) is 5.75 Å². The average Bonchev–Trinajstić information content (AvgIpc) is 2.98. The quantitative estimate of drug-likeness (QED) is 0.708. The summed E-state index contributed by atoms with van der Waals surface area (Å²) in [7, 11) is 0. The van der Waals surface area contributed by atoms with Crippen LogP contribution in [0.3, 0.4) is 0 Å². The maximum absolute atomic E-state index is 12.3. The van der Waals surface area contributed by atoms with Gasteiger partial charge >= 0.3 is 5.97 Å². The molecule has 1 atom stereocenters. The number of ether oxygens (including phenoxy) is 1. The van der Waals surface area contributed by atoms with Crippen molar-refractivity contribution >= 4 is 28.5 Å². The summed E-state index contributed by atoms with van der Waals surface area (Å²) in [5.74, 6) is -0.771. The number of rotatable bonds is 4. The second-order valence-electron chi connectivity index (χ2n) is 5.58. The first-order valence-corrected chi connectivity index (χ1v) is 7.61. The van der Waals surface area contributed by atoms with E-state index in [4.69, 9.17) is 9.26 Å². The van der Waals surface area contributed by atoms with Crippen molar-refractivity contribution in [3.05, 3.63) is 53.8 Å². The van der Waals surface area contributed by atoms with E-state index in [0.717, 1.165) is 10.8 Å². The molecule has 0 spiro atoms. The lowest BCUT2D eigenvalue weighted by molar-refractivity contribution is -0.123. The van der Waals surface area contributed by atoms with Gasteiger partial charge in [0.25, 0.3) is 5.91 Å². The van der Waals surface area contributed by atoms with Gasteiger partial charge in [0, 0.05) is 6.07 Å². The molecular formula is C18H16N2O5. The summed E-state index contributed by atoms with van der Waals surface area (Å²) in [6.07, 6.45) is -1.07. The van der Waals surface area contributed by atoms with Gasteiger partial charge < -0.3 is 19.7 Å². The molecule has 7 heteroatoms. The fourth-order valence-corrected chi connectivity index (χ4v) is 2.32. The second kappa shape index (κ2) is 6.64. The highest BCUT2D eigenvalue weighted by atomic mass is 16.5. The Morgan fingerprint density at radius 3 is 2.52 bits per heavy atom. The van der Waals surface area contributed by atoms with Crippen molar-refractivity contribution in [2.75, 3.05) is 5.32 Å². The normalized spacial score (nSPS) is 11.9. The summed E-state index contributed by atoms with van der Waals surface area (Å²) in [4.78, 5) is 24.3. The largest absolute Gasteiger partial charge is 0.507 e. The monoisotopic (exact) mass is 340 g/mol. The van der Waals surface area contributed by atoms with Gasteiger partial charge in [-0.15, -0.1) is 0 Å². The lowest BCUT2D eigenvalue weighted by atomic mass is 10.1. The maximum Gasteiger partial charge on any atom is 0.342 e. The molecule has 0 saturated carbocycles. The molecule has 0 aliphatic heterocycles. The second-order valence-corrected chi connectivity index (χ2v) is 5.58. The number of aromatic nitrogens is 1. The average molecular weight is 340 g/mol. The number of aromatic hydroxyl groups is 1. The number of carbonyl (C=O) groups excluding carboxylic acids is 2. The number of nitrogens with one attached hydrogen (secondary N) is 1. The first-order valence-electron chi connectivity index (χ1n) is 7.61. The van der Waals surface area contributed by atoms with Gasteiger partial charge in [0.2, 0.25) is 0 Å². The molecule has 0 aliphatic carbocycles. The topological polar surface area (TPSA) is 102 Å². The van der Waals surface area contributed by atoms with Crippen LogP contribution in [0.25, 0.3) is 10.8 Å². The third-order valence-corrected chi connectivity index (χ3v) is 3.62. The SMILES string of the molecule is Cc1cc(NC(=O)C(C)OC(=O)c2cc3ccccc3cc2O)no1. The van der Waals surface area contributed by atoms with Crippen LogP contribution in [0.4, 0.5) is 5.82 Å². The highest BCUT2D eigenvalue weighted by Gasteiger charge is 2.22. The molecule has 2 aromatic carbocycles. The smallest absolute Gasteiger partial charge is 0.342 e. The number of phenolic OH excluding ortho intramolecular Hbond substituents is 1. The number of fused-ring (bicyclic) bond motifs is 1. The van der Waals surface area contributed by atoms with Crippen molar-refractivity contribution in [2.45, 2.75) is 20.0 Å². The van der Waals surface area contributed by atoms with E-state index in [-0.39, 0.29) is 17.1 Å². The van der Waals surface area contributed by atoms with Crippen LogP contribution in [-0.2, 0) is 9.53 Å². The highest BCUT2D eigenvalue weighted by Crippen LogP contribution is 2.26. The van der Waals surface area contributed by atoms with Gasteiger partial charge in [-0.3, -0.25) is 4.79 Å². The Morgan fingerprint density at radius 2 is 1.88 bits per heavy atom. The minimum atomic E-state index is -1.07. The third-order valence-electron chi connectivity index (χ3n) is 3.62. The van der Waals surface area contributed by atoms with Crippen LogP contribution in [0.1, 0.15) is 23.0 Å². The number of nitrogens with zero attached hydrogens (tertiary/aromatic N) is 1. The molecule has 1 amide bonds. The molecule has 3 rings (SSSR count). The molecule has 7 nitrogen and oxygen atoms in total. The van der Waals surface area contributed by atoms with E-state index in [2.05, 4.69) is 10.5 Å². The Labute approximate surface area is 143 Å². The van der Waals surface area contributed by atoms with Gasteiger partial charge in [-0.2, -0.15) is 0 Å². The molecule has 0 saturated heterocycles. The van der Waals surface area contributed by atoms with E-state index >= 15 is 0 Å². The summed E-state index contributed by atoms with van der Waals surface area (Å²) in [5.41, 5.74) is -0.00405. The van der Waals surface area contributed by atoms with Gasteiger partial charge in [0.1, 0.15) is 17.1 Å². The summed E-state index contributed by atoms with van der Waals surface area (Å²) in [6.45, 7) is 3.12. The lowest BCUT2D eigenvalue weighted by Crippen LogP contribution is -2.30. The fourth-order valence-electron chi connectivity index (χ4n) is 2.32. The number of hydrogen-bond donors (Lipinski definition) is 2. The molecule has 0 aliphatic rings. The van der Waals surface area contributed by atoms with Crippen molar-refractivity contribution in [1.82, 2.24) is 5.16 Å². The van der Waals surface area contributed by atoms with Gasteiger partial charge in [0.05, 0.1) is 0 Å². The predicted octanol–water partition coefficient (Wildman–Crippen LogP) is 3.03. The van der Waals surface area contributed by atoms with Crippen LogP contribution < -0.4 is 5.32 Å². The molecule has 1 heterocycles. The van der Waals surface area contributed by atoms with Crippen molar-refractivity contribution in [1.29, 1.82) is 0 Å². The summed E-state index contributed by atoms with van der Waals surface area (Å²) in [5, 5.41) is 17.7. The lowest BCUT2D eigenvalue weighted by Gasteiger charge is -2.13. The third kappa shape index (κ3) is 3.60. The van der Waals surface area contributed by atoms with Gasteiger partial charge in [-0.05, 0) is 36.8 Å². The molecule has 0 fully saturated rings. The van der Waals surface area contributed by atoms with Crippen LogP contribution in [0, 0.1) is 6.92 Å². The maximum atomic E-state index is 12.3. The zero-order valence-electron chi connectivity index (χ0n) is 13.6. The number of aryl methyl sites for hydroxylation is 1. The molecular weight excluding hydrogens is 324 g/mol. The Kier molecular flexibility index (Phi) is 4.38. The summed E-state index contributed by atoms with van der Waals surface area (Å²) >= 11 is 0. The number of carbonyl (C=O) groups is 2. The highest BCUT2D eigenvalue weighted by molar-refractivity contribution is 6.00. The van der Waals surface area contributed by atoms with E-state index in [1.54, 1.807) is 13.0 Å². The van der Waals surface area contributed by atoms with E-state index in [1.807, 2.05) is 24.3 Å². The van der Waals surface area contributed by atoms with Crippen LogP contribution in [0.15, 0.2) is 47.0 Å². The molecule has 3 aromatic rings. The minimum absolute atomic E-state index is 0.00405. The Morgan fingerprint density at radius 1 is 1.20 bits per heavy atom. The molecule has 0 radical (unpaired) electrons. The number of benzene rings is 2. The predicted molar refractivity (Wildman–Crippen MR) is 90.4 cm³/mol. The number of hydrogen-bond acceptors (Lipinski definition) is 6.